The number of urea groups is 1. The number of nitrogens with one attached hydrogen (secondary N) is 1. The van der Waals surface area contributed by atoms with Gasteiger partial charge < -0.3 is 10.2 Å². The maximum atomic E-state index is 14.6. The Hall–Kier alpha value is -3.33. The molecule has 1 fully saturated rings. The molecule has 0 bridgehead atoms. The first-order valence-corrected chi connectivity index (χ1v) is 11.3. The van der Waals surface area contributed by atoms with E-state index in [1.807, 2.05) is 18.2 Å². The number of halogens is 3. The van der Waals surface area contributed by atoms with Crippen LogP contribution in [0.2, 0.25) is 0 Å². The van der Waals surface area contributed by atoms with E-state index in [4.69, 9.17) is 0 Å². The number of hydrogen-bond acceptors (Lipinski definition) is 3. The number of carbonyl (C=O) groups is 2. The third kappa shape index (κ3) is 3.94. The van der Waals surface area contributed by atoms with Gasteiger partial charge >= 0.3 is 6.03 Å². The highest BCUT2D eigenvalue weighted by molar-refractivity contribution is 6.01. The average molecular weight is 470 g/mol. The number of nitrogens with zero attached hydrogens (tertiary/aromatic N) is 3. The minimum atomic E-state index is -1.32. The molecule has 1 atom stereocenters. The number of rotatable bonds is 4. The summed E-state index contributed by atoms with van der Waals surface area (Å²) in [6.07, 6.45) is 1.54. The second-order valence-corrected chi connectivity index (χ2v) is 9.02. The molecule has 9 heteroatoms. The predicted octanol–water partition coefficient (Wildman–Crippen LogP) is 3.56. The van der Waals surface area contributed by atoms with Gasteiger partial charge in [0, 0.05) is 44.4 Å². The molecule has 2 aromatic rings. The molecule has 3 heterocycles. The van der Waals surface area contributed by atoms with E-state index in [1.54, 1.807) is 11.9 Å². The molecule has 0 aliphatic carbocycles. The van der Waals surface area contributed by atoms with Gasteiger partial charge in [0.2, 0.25) is 0 Å². The Balaban J connectivity index is 1.35. The molecule has 0 radical (unpaired) electrons. The van der Waals surface area contributed by atoms with Gasteiger partial charge in [-0.1, -0.05) is 30.3 Å². The third-order valence-electron chi connectivity index (χ3n) is 6.99. The maximum Gasteiger partial charge on any atom is 0.322 e. The number of carbonyl (C=O) groups excluding carboxylic acids is 2. The van der Waals surface area contributed by atoms with E-state index in [9.17, 15) is 22.8 Å². The van der Waals surface area contributed by atoms with Gasteiger partial charge in [-0.2, -0.15) is 0 Å². The molecular formula is C25H25F3N4O2. The van der Waals surface area contributed by atoms with Gasteiger partial charge in [0.25, 0.3) is 5.91 Å². The van der Waals surface area contributed by atoms with Crippen molar-refractivity contribution < 1.29 is 22.8 Å². The summed E-state index contributed by atoms with van der Waals surface area (Å²) in [5, 5.41) is 2.57. The molecule has 3 aliphatic rings. The van der Waals surface area contributed by atoms with Crippen LogP contribution in [0.5, 0.6) is 0 Å². The molecule has 1 N–H and O–H groups in total. The lowest BCUT2D eigenvalue weighted by Crippen LogP contribution is -2.46. The fourth-order valence-electron chi connectivity index (χ4n) is 5.11. The lowest BCUT2D eigenvalue weighted by molar-refractivity contribution is -0.128. The van der Waals surface area contributed by atoms with E-state index >= 15 is 0 Å². The fourth-order valence-corrected chi connectivity index (χ4v) is 5.11. The van der Waals surface area contributed by atoms with Gasteiger partial charge in [0.1, 0.15) is 5.82 Å². The molecule has 0 saturated carbocycles. The maximum absolute atomic E-state index is 14.6. The molecule has 1 unspecified atom stereocenters. The van der Waals surface area contributed by atoms with Gasteiger partial charge in [0.05, 0.1) is 23.9 Å². The Labute approximate surface area is 195 Å². The summed E-state index contributed by atoms with van der Waals surface area (Å²) in [4.78, 5) is 31.5. The number of hydrogen-bond donors (Lipinski definition) is 1. The van der Waals surface area contributed by atoms with Crippen LogP contribution in [-0.4, -0.2) is 59.4 Å². The van der Waals surface area contributed by atoms with Crippen LogP contribution in [-0.2, 0) is 11.3 Å². The normalized spacial score (nSPS) is 21.8. The van der Waals surface area contributed by atoms with E-state index in [1.165, 1.54) is 10.5 Å². The predicted molar refractivity (Wildman–Crippen MR) is 119 cm³/mol. The van der Waals surface area contributed by atoms with E-state index in [0.29, 0.717) is 17.8 Å². The number of piperidine rings is 1. The topological polar surface area (TPSA) is 55.9 Å². The van der Waals surface area contributed by atoms with Crippen molar-refractivity contribution >= 4 is 11.9 Å². The van der Waals surface area contributed by atoms with Crippen LogP contribution in [0.4, 0.5) is 18.0 Å². The first-order valence-electron chi connectivity index (χ1n) is 11.3. The van der Waals surface area contributed by atoms with Gasteiger partial charge in [-0.25, -0.2) is 18.0 Å². The molecule has 3 amide bonds. The van der Waals surface area contributed by atoms with Crippen molar-refractivity contribution in [2.45, 2.75) is 31.5 Å². The Bertz CT molecular complexity index is 1160. The molecular weight excluding hydrogens is 445 g/mol. The summed E-state index contributed by atoms with van der Waals surface area (Å²) < 4.78 is 42.0. The molecule has 3 aliphatic heterocycles. The van der Waals surface area contributed by atoms with Crippen molar-refractivity contribution in [3.63, 3.8) is 0 Å². The summed E-state index contributed by atoms with van der Waals surface area (Å²) in [5.41, 5.74) is 1.65. The van der Waals surface area contributed by atoms with Crippen molar-refractivity contribution in [2.75, 3.05) is 26.7 Å². The van der Waals surface area contributed by atoms with E-state index < -0.39 is 29.5 Å². The van der Waals surface area contributed by atoms with Crippen LogP contribution < -0.4 is 5.32 Å². The van der Waals surface area contributed by atoms with E-state index in [0.717, 1.165) is 32.5 Å². The third-order valence-corrected chi connectivity index (χ3v) is 6.99. The van der Waals surface area contributed by atoms with Crippen molar-refractivity contribution in [3.05, 3.63) is 82.3 Å². The first kappa shape index (κ1) is 22.5. The summed E-state index contributed by atoms with van der Waals surface area (Å²) >= 11 is 0. The Morgan fingerprint density at radius 1 is 0.971 bits per heavy atom. The highest BCUT2D eigenvalue weighted by Gasteiger charge is 2.46. The standard InChI is InChI=1S/C25H25F3N4O2/c1-30-21-14-32(16-7-9-31(10-8-16)13-15-5-3-2-4-6-15)24(33)22(21)23(29-25(30)34)17-11-19(27)20(28)12-18(17)26/h2-6,11-12,16,23H,7-10,13-14H2,1H3,(H,29,34). The molecule has 178 valence electrons. The Morgan fingerprint density at radius 3 is 2.35 bits per heavy atom. The molecule has 5 rings (SSSR count). The summed E-state index contributed by atoms with van der Waals surface area (Å²) in [7, 11) is 1.54. The highest BCUT2D eigenvalue weighted by atomic mass is 19.2. The lowest BCUT2D eigenvalue weighted by atomic mass is 9.94. The Kier molecular flexibility index (Phi) is 5.81. The van der Waals surface area contributed by atoms with Crippen LogP contribution in [0.15, 0.2) is 53.7 Å². The van der Waals surface area contributed by atoms with Crippen molar-refractivity contribution in [3.8, 4) is 0 Å². The van der Waals surface area contributed by atoms with E-state index in [-0.39, 0.29) is 29.6 Å². The van der Waals surface area contributed by atoms with Crippen molar-refractivity contribution in [2.24, 2.45) is 0 Å². The fraction of sp³-hybridized carbons (Fsp3) is 0.360. The molecule has 6 nitrogen and oxygen atoms in total. The quantitative estimate of drug-likeness (QED) is 0.696. The van der Waals surface area contributed by atoms with Crippen molar-refractivity contribution in [1.82, 2.24) is 20.0 Å². The van der Waals surface area contributed by atoms with Gasteiger partial charge in [0.15, 0.2) is 11.6 Å². The molecule has 2 aromatic carbocycles. The molecule has 0 aromatic heterocycles. The van der Waals surface area contributed by atoms with Crippen molar-refractivity contribution in [1.29, 1.82) is 0 Å². The SMILES string of the molecule is CN1C(=O)NC(c2cc(F)c(F)cc2F)C2=C1CN(C1CCN(Cc3ccccc3)CC1)C2=O. The summed E-state index contributed by atoms with van der Waals surface area (Å²) in [6.45, 7) is 2.71. The number of likely N-dealkylation sites (N-methyl/N-ethyl adjacent to an activating group) is 1. The highest BCUT2D eigenvalue weighted by Crippen LogP contribution is 2.38. The van der Waals surface area contributed by atoms with Gasteiger partial charge in [-0.15, -0.1) is 0 Å². The van der Waals surface area contributed by atoms with E-state index in [2.05, 4.69) is 22.3 Å². The lowest BCUT2D eigenvalue weighted by Gasteiger charge is -2.37. The largest absolute Gasteiger partial charge is 0.330 e. The van der Waals surface area contributed by atoms with Crippen LogP contribution in [0.3, 0.4) is 0 Å². The molecule has 34 heavy (non-hydrogen) atoms. The second-order valence-electron chi connectivity index (χ2n) is 9.02. The molecule has 0 spiro atoms. The zero-order chi connectivity index (χ0) is 24.0. The number of likely N-dealkylation sites (tertiary alicyclic amines) is 1. The van der Waals surface area contributed by atoms with Crippen LogP contribution in [0.1, 0.15) is 30.0 Å². The monoisotopic (exact) mass is 470 g/mol. The van der Waals surface area contributed by atoms with Crippen LogP contribution >= 0.6 is 0 Å². The first-order chi connectivity index (χ1) is 16.3. The summed E-state index contributed by atoms with van der Waals surface area (Å²) in [6, 6.07) is 9.61. The average Bonchev–Trinajstić information content (AvgIpc) is 3.17. The number of amides is 3. The minimum Gasteiger partial charge on any atom is -0.330 e. The Morgan fingerprint density at radius 2 is 1.65 bits per heavy atom. The van der Waals surface area contributed by atoms with Crippen LogP contribution in [0, 0.1) is 17.5 Å². The van der Waals surface area contributed by atoms with Crippen LogP contribution in [0.25, 0.3) is 0 Å². The van der Waals surface area contributed by atoms with Gasteiger partial charge in [-0.05, 0) is 24.5 Å². The zero-order valence-corrected chi connectivity index (χ0v) is 18.7. The smallest absolute Gasteiger partial charge is 0.322 e. The summed E-state index contributed by atoms with van der Waals surface area (Å²) in [5.74, 6) is -3.88. The second kappa shape index (κ2) is 8.79. The molecule has 1 saturated heterocycles. The minimum absolute atomic E-state index is 0.0240. The number of benzene rings is 2. The zero-order valence-electron chi connectivity index (χ0n) is 18.7. The van der Waals surface area contributed by atoms with Gasteiger partial charge in [-0.3, -0.25) is 14.6 Å².